The van der Waals surface area contributed by atoms with Gasteiger partial charge in [0.15, 0.2) is 0 Å². The molecule has 144 valence electrons. The van der Waals surface area contributed by atoms with E-state index in [1.165, 1.54) is 0 Å². The average molecular weight is 371 g/mol. The highest BCUT2D eigenvalue weighted by Crippen LogP contribution is 2.37. The van der Waals surface area contributed by atoms with Crippen molar-refractivity contribution in [2.45, 2.75) is 52.2 Å². The third kappa shape index (κ3) is 3.23. The summed E-state index contributed by atoms with van der Waals surface area (Å²) in [7, 11) is -0.645. The molecule has 0 radical (unpaired) electrons. The summed E-state index contributed by atoms with van der Waals surface area (Å²) in [5.74, 6) is -0.474. The fourth-order valence-electron chi connectivity index (χ4n) is 3.09. The van der Waals surface area contributed by atoms with Gasteiger partial charge in [0.25, 0.3) is 11.5 Å². The number of para-hydroxylation sites is 1. The van der Waals surface area contributed by atoms with Gasteiger partial charge in [-0.3, -0.25) is 9.59 Å². The highest BCUT2D eigenvalue weighted by molar-refractivity contribution is 6.65. The van der Waals surface area contributed by atoms with E-state index in [1.54, 1.807) is 6.07 Å². The number of carbonyl (C=O) groups excluding carboxylic acids is 1. The van der Waals surface area contributed by atoms with E-state index in [0.717, 1.165) is 6.42 Å². The zero-order valence-electron chi connectivity index (χ0n) is 16.4. The van der Waals surface area contributed by atoms with Gasteiger partial charge >= 0.3 is 7.12 Å². The summed E-state index contributed by atoms with van der Waals surface area (Å²) in [5, 5.41) is 3.28. The van der Waals surface area contributed by atoms with Gasteiger partial charge in [-0.2, -0.15) is 0 Å². The summed E-state index contributed by atoms with van der Waals surface area (Å²) in [6, 6.07) is 5.41. The molecule has 3 rings (SSSR count). The van der Waals surface area contributed by atoms with Gasteiger partial charge in [-0.15, -0.1) is 0 Å². The minimum atomic E-state index is -0.645. The number of aromatic amines is 1. The van der Waals surface area contributed by atoms with Crippen molar-refractivity contribution in [3.05, 3.63) is 34.1 Å². The zero-order valence-corrected chi connectivity index (χ0v) is 16.4. The van der Waals surface area contributed by atoms with Gasteiger partial charge in [0.1, 0.15) is 5.56 Å². The fourth-order valence-corrected chi connectivity index (χ4v) is 3.09. The molecule has 1 aromatic carbocycles. The van der Waals surface area contributed by atoms with E-state index < -0.39 is 29.8 Å². The van der Waals surface area contributed by atoms with E-state index in [2.05, 4.69) is 10.3 Å². The Morgan fingerprint density at radius 1 is 1.22 bits per heavy atom. The van der Waals surface area contributed by atoms with Crippen LogP contribution in [0.1, 0.15) is 51.4 Å². The number of H-pyrrole nitrogens is 1. The van der Waals surface area contributed by atoms with Crippen LogP contribution in [-0.4, -0.2) is 35.8 Å². The Hall–Kier alpha value is -2.32. The molecule has 0 spiro atoms. The van der Waals surface area contributed by atoms with E-state index in [4.69, 9.17) is 15.0 Å². The van der Waals surface area contributed by atoms with Crippen molar-refractivity contribution >= 4 is 35.1 Å². The number of aromatic nitrogens is 1. The number of anilines is 1. The molecule has 1 aromatic heterocycles. The van der Waals surface area contributed by atoms with Crippen LogP contribution >= 0.6 is 0 Å². The normalized spacial score (nSPS) is 18.0. The number of pyridine rings is 1. The highest BCUT2D eigenvalue weighted by Gasteiger charge is 2.52. The Morgan fingerprint density at radius 3 is 2.44 bits per heavy atom. The second-order valence-electron chi connectivity index (χ2n) is 7.86. The van der Waals surface area contributed by atoms with Crippen molar-refractivity contribution < 1.29 is 14.1 Å². The molecule has 1 aliphatic rings. The predicted octanol–water partition coefficient (Wildman–Crippen LogP) is 1.55. The number of nitrogens with two attached hydrogens (primary N) is 1. The number of carbonyl (C=O) groups is 1. The van der Waals surface area contributed by atoms with Crippen LogP contribution in [0.4, 0.5) is 5.69 Å². The van der Waals surface area contributed by atoms with E-state index in [-0.39, 0.29) is 11.3 Å². The summed E-state index contributed by atoms with van der Waals surface area (Å²) >= 11 is 0. The Morgan fingerprint density at radius 2 is 1.85 bits per heavy atom. The predicted molar refractivity (Wildman–Crippen MR) is 107 cm³/mol. The van der Waals surface area contributed by atoms with Crippen molar-refractivity contribution in [1.82, 2.24) is 10.3 Å². The second-order valence-corrected chi connectivity index (χ2v) is 7.86. The summed E-state index contributed by atoms with van der Waals surface area (Å²) in [5.41, 5.74) is 5.94. The molecule has 7 nitrogen and oxygen atoms in total. The number of nitrogens with one attached hydrogen (secondary N) is 2. The van der Waals surface area contributed by atoms with Crippen LogP contribution in [0.3, 0.4) is 0 Å². The molecule has 1 saturated heterocycles. The molecule has 1 aliphatic heterocycles. The van der Waals surface area contributed by atoms with E-state index in [0.29, 0.717) is 22.9 Å². The Balaban J connectivity index is 2.11. The van der Waals surface area contributed by atoms with Crippen molar-refractivity contribution in [2.75, 3.05) is 12.3 Å². The average Bonchev–Trinajstić information content (AvgIpc) is 2.80. The standard InChI is InChI=1S/C19H26BN3O4/c1-6-10-22-16(24)13-14(21)11-8-7-9-12(15(11)23-17(13)25)20-26-18(2,3)19(4,5)27-20/h7-9H,6,10H2,1-5H3,(H,22,24)(H3,21,23,25). The van der Waals surface area contributed by atoms with Gasteiger partial charge in [-0.05, 0) is 34.1 Å². The minimum Gasteiger partial charge on any atom is -0.399 e. The van der Waals surface area contributed by atoms with Gasteiger partial charge in [-0.25, -0.2) is 0 Å². The minimum absolute atomic E-state index is 0.0676. The molecule has 0 aliphatic carbocycles. The number of fused-ring (bicyclic) bond motifs is 1. The summed E-state index contributed by atoms with van der Waals surface area (Å²) in [6.07, 6.45) is 0.767. The van der Waals surface area contributed by atoms with E-state index in [9.17, 15) is 9.59 Å². The lowest BCUT2D eigenvalue weighted by atomic mass is 9.77. The molecular formula is C19H26BN3O4. The maximum Gasteiger partial charge on any atom is 0.497 e. The first kappa shape index (κ1) is 19.4. The first-order valence-electron chi connectivity index (χ1n) is 9.17. The maximum atomic E-state index is 12.6. The van der Waals surface area contributed by atoms with Crippen LogP contribution in [0.15, 0.2) is 23.0 Å². The molecule has 0 bridgehead atoms. The lowest BCUT2D eigenvalue weighted by Gasteiger charge is -2.32. The Bertz CT molecular complexity index is 936. The first-order chi connectivity index (χ1) is 12.6. The number of hydrogen-bond acceptors (Lipinski definition) is 5. The number of nitrogen functional groups attached to an aromatic ring is 1. The van der Waals surface area contributed by atoms with E-state index >= 15 is 0 Å². The fraction of sp³-hybridized carbons (Fsp3) is 0.474. The van der Waals surface area contributed by atoms with Gasteiger partial charge in [0, 0.05) is 17.4 Å². The third-order valence-corrected chi connectivity index (χ3v) is 5.39. The van der Waals surface area contributed by atoms with Crippen molar-refractivity contribution in [2.24, 2.45) is 0 Å². The molecule has 2 heterocycles. The number of amides is 1. The van der Waals surface area contributed by atoms with Crippen LogP contribution in [0.25, 0.3) is 10.9 Å². The molecule has 1 fully saturated rings. The molecule has 0 atom stereocenters. The quantitative estimate of drug-likeness (QED) is 0.707. The van der Waals surface area contributed by atoms with Gasteiger partial charge in [0.05, 0.1) is 22.4 Å². The molecule has 1 amide bonds. The zero-order chi connectivity index (χ0) is 20.0. The molecule has 2 aromatic rings. The Kier molecular flexibility index (Phi) is 4.82. The monoisotopic (exact) mass is 371 g/mol. The Labute approximate surface area is 158 Å². The van der Waals surface area contributed by atoms with Gasteiger partial charge in [-0.1, -0.05) is 25.1 Å². The van der Waals surface area contributed by atoms with Crippen molar-refractivity contribution in [1.29, 1.82) is 0 Å². The topological polar surface area (TPSA) is 106 Å². The van der Waals surface area contributed by atoms with Crippen molar-refractivity contribution in [3.8, 4) is 0 Å². The van der Waals surface area contributed by atoms with Crippen molar-refractivity contribution in [3.63, 3.8) is 0 Å². The molecular weight excluding hydrogens is 345 g/mol. The highest BCUT2D eigenvalue weighted by atomic mass is 16.7. The van der Waals surface area contributed by atoms with Gasteiger partial charge in [0.2, 0.25) is 0 Å². The number of benzene rings is 1. The lowest BCUT2D eigenvalue weighted by molar-refractivity contribution is 0.00578. The van der Waals surface area contributed by atoms with E-state index in [1.807, 2.05) is 46.8 Å². The first-order valence-corrected chi connectivity index (χ1v) is 9.17. The molecule has 8 heteroatoms. The third-order valence-electron chi connectivity index (χ3n) is 5.39. The summed E-state index contributed by atoms with van der Waals surface area (Å²) < 4.78 is 12.2. The SMILES string of the molecule is CCCNC(=O)c1c(N)c2cccc(B3OC(C)(C)C(C)(C)O3)c2[nH]c1=O. The largest absolute Gasteiger partial charge is 0.497 e. The van der Waals surface area contributed by atoms with Gasteiger partial charge < -0.3 is 25.3 Å². The summed E-state index contributed by atoms with van der Waals surface area (Å²) in [6.45, 7) is 10.3. The lowest BCUT2D eigenvalue weighted by Crippen LogP contribution is -2.41. The second kappa shape index (κ2) is 6.69. The smallest absolute Gasteiger partial charge is 0.399 e. The van der Waals surface area contributed by atoms with Crippen LogP contribution in [0.5, 0.6) is 0 Å². The molecule has 27 heavy (non-hydrogen) atoms. The van der Waals surface area contributed by atoms with Crippen LogP contribution in [0.2, 0.25) is 0 Å². The van der Waals surface area contributed by atoms with Crippen LogP contribution in [-0.2, 0) is 9.31 Å². The molecule has 0 unspecified atom stereocenters. The maximum absolute atomic E-state index is 12.6. The van der Waals surface area contributed by atoms with Crippen LogP contribution in [0, 0.1) is 0 Å². The summed E-state index contributed by atoms with van der Waals surface area (Å²) in [4.78, 5) is 27.7. The number of rotatable bonds is 4. The molecule has 4 N–H and O–H groups in total. The van der Waals surface area contributed by atoms with Crippen LogP contribution < -0.4 is 22.1 Å². The number of hydrogen-bond donors (Lipinski definition) is 3. The molecule has 0 saturated carbocycles.